The molecular weight excluding hydrogens is 314 g/mol. The summed E-state index contributed by atoms with van der Waals surface area (Å²) in [6.45, 7) is 3.87. The van der Waals surface area contributed by atoms with Crippen LogP contribution in [0, 0.1) is 11.7 Å². The number of benzene rings is 1. The van der Waals surface area contributed by atoms with Gasteiger partial charge in [0.25, 0.3) is 0 Å². The fourth-order valence-corrected chi connectivity index (χ4v) is 2.93. The van der Waals surface area contributed by atoms with Crippen molar-refractivity contribution in [2.24, 2.45) is 5.92 Å². The Balaban J connectivity index is 0.00000110. The minimum Gasteiger partial charge on any atom is -0.508 e. The largest absolute Gasteiger partial charge is 0.508 e. The van der Waals surface area contributed by atoms with Gasteiger partial charge in [-0.3, -0.25) is 4.90 Å². The van der Waals surface area contributed by atoms with Crippen molar-refractivity contribution in [3.8, 4) is 5.75 Å². The zero-order valence-electron chi connectivity index (χ0n) is 11.9. The Morgan fingerprint density at radius 1 is 1.24 bits per heavy atom. The lowest BCUT2D eigenvalue weighted by Crippen LogP contribution is -2.45. The van der Waals surface area contributed by atoms with E-state index in [0.29, 0.717) is 0 Å². The number of nitrogens with one attached hydrogen (secondary N) is 1. The molecule has 1 aromatic rings. The number of halogens is 3. The Bertz CT molecular complexity index is 451. The Hall–Kier alpha value is -0.550. The number of rotatable bonds is 4. The van der Waals surface area contributed by atoms with E-state index < -0.39 is 0 Å². The van der Waals surface area contributed by atoms with Crippen LogP contribution in [-0.4, -0.2) is 36.2 Å². The smallest absolute Gasteiger partial charge is 0.123 e. The molecule has 3 nitrogen and oxygen atoms in total. The predicted molar refractivity (Wildman–Crippen MR) is 87.1 cm³/mol. The van der Waals surface area contributed by atoms with Crippen molar-refractivity contribution in [2.75, 3.05) is 26.2 Å². The standard InChI is InChI=1S/C15H21FN2O.2ClH/c16-12-3-4-15(19)13(10-12)14(9-11-1-2-11)18-7-5-17-6-8-18;;/h3-4,10-11,14,17,19H,1-2,5-9H2;2*1H/t14-;;/m1../s1. The molecule has 1 atom stereocenters. The van der Waals surface area contributed by atoms with Gasteiger partial charge in [-0.15, -0.1) is 24.8 Å². The molecule has 2 fully saturated rings. The third kappa shape index (κ3) is 4.71. The average Bonchev–Trinajstić information content (AvgIpc) is 3.24. The Kier molecular flexibility index (Phi) is 7.21. The van der Waals surface area contributed by atoms with E-state index in [2.05, 4.69) is 10.2 Å². The summed E-state index contributed by atoms with van der Waals surface area (Å²) in [6, 6.07) is 4.47. The highest BCUT2D eigenvalue weighted by Crippen LogP contribution is 2.42. The number of piperazine rings is 1. The van der Waals surface area contributed by atoms with Crippen LogP contribution >= 0.6 is 24.8 Å². The predicted octanol–water partition coefficient (Wildman–Crippen LogP) is 3.12. The highest BCUT2D eigenvalue weighted by atomic mass is 35.5. The van der Waals surface area contributed by atoms with Crippen LogP contribution in [-0.2, 0) is 0 Å². The summed E-state index contributed by atoms with van der Waals surface area (Å²) >= 11 is 0. The Morgan fingerprint density at radius 3 is 2.52 bits per heavy atom. The van der Waals surface area contributed by atoms with Crippen molar-refractivity contribution in [2.45, 2.75) is 25.3 Å². The van der Waals surface area contributed by atoms with Crippen molar-refractivity contribution in [3.63, 3.8) is 0 Å². The number of hydrogen-bond donors (Lipinski definition) is 2. The van der Waals surface area contributed by atoms with Crippen molar-refractivity contribution >= 4 is 24.8 Å². The third-order valence-corrected chi connectivity index (χ3v) is 4.19. The lowest BCUT2D eigenvalue weighted by Gasteiger charge is -2.35. The SMILES string of the molecule is Cl.Cl.Oc1ccc(F)cc1[C@@H](CC1CC1)N1CCNCC1. The summed E-state index contributed by atoms with van der Waals surface area (Å²) in [5.74, 6) is 0.719. The molecule has 0 amide bonds. The van der Waals surface area contributed by atoms with E-state index in [1.807, 2.05) is 0 Å². The molecular formula is C15H23Cl2FN2O. The maximum atomic E-state index is 13.5. The zero-order valence-corrected chi connectivity index (χ0v) is 13.6. The molecule has 0 unspecified atom stereocenters. The van der Waals surface area contributed by atoms with Crippen molar-refractivity contribution in [1.29, 1.82) is 0 Å². The summed E-state index contributed by atoms with van der Waals surface area (Å²) in [5, 5.41) is 13.4. The van der Waals surface area contributed by atoms with Crippen LogP contribution in [0.1, 0.15) is 30.9 Å². The van der Waals surface area contributed by atoms with Gasteiger partial charge in [-0.25, -0.2) is 4.39 Å². The lowest BCUT2D eigenvalue weighted by molar-refractivity contribution is 0.157. The van der Waals surface area contributed by atoms with Gasteiger partial charge in [0.15, 0.2) is 0 Å². The molecule has 2 aliphatic rings. The van der Waals surface area contributed by atoms with E-state index in [9.17, 15) is 9.50 Å². The highest BCUT2D eigenvalue weighted by molar-refractivity contribution is 5.85. The molecule has 120 valence electrons. The molecule has 1 aliphatic heterocycles. The summed E-state index contributed by atoms with van der Waals surface area (Å²) in [4.78, 5) is 2.38. The number of phenols is 1. The van der Waals surface area contributed by atoms with Crippen molar-refractivity contribution < 1.29 is 9.50 Å². The minimum atomic E-state index is -0.260. The quantitative estimate of drug-likeness (QED) is 0.886. The van der Waals surface area contributed by atoms with Crippen LogP contribution in [0.5, 0.6) is 5.75 Å². The zero-order chi connectivity index (χ0) is 13.2. The Labute approximate surface area is 137 Å². The molecule has 0 radical (unpaired) electrons. The van der Waals surface area contributed by atoms with E-state index in [4.69, 9.17) is 0 Å². The lowest BCUT2D eigenvalue weighted by atomic mass is 9.97. The maximum absolute atomic E-state index is 13.5. The summed E-state index contributed by atoms with van der Waals surface area (Å²) in [7, 11) is 0. The van der Waals surface area contributed by atoms with E-state index in [-0.39, 0.29) is 42.4 Å². The molecule has 1 aliphatic carbocycles. The molecule has 0 bridgehead atoms. The Morgan fingerprint density at radius 2 is 1.90 bits per heavy atom. The summed E-state index contributed by atoms with van der Waals surface area (Å²) < 4.78 is 13.5. The summed E-state index contributed by atoms with van der Waals surface area (Å²) in [6.07, 6.45) is 3.59. The van der Waals surface area contributed by atoms with Crippen LogP contribution in [0.2, 0.25) is 0 Å². The fourth-order valence-electron chi connectivity index (χ4n) is 2.93. The molecule has 1 aromatic carbocycles. The van der Waals surface area contributed by atoms with Gasteiger partial charge in [-0.2, -0.15) is 0 Å². The van der Waals surface area contributed by atoms with Crippen LogP contribution in [0.25, 0.3) is 0 Å². The van der Waals surface area contributed by atoms with Gasteiger partial charge in [0.1, 0.15) is 11.6 Å². The first-order valence-corrected chi connectivity index (χ1v) is 7.17. The minimum absolute atomic E-state index is 0. The molecule has 3 rings (SSSR count). The van der Waals surface area contributed by atoms with Crippen LogP contribution < -0.4 is 5.32 Å². The second-order valence-corrected chi connectivity index (χ2v) is 5.68. The average molecular weight is 337 g/mol. The van der Waals surface area contributed by atoms with Gasteiger partial charge in [0.2, 0.25) is 0 Å². The fraction of sp³-hybridized carbons (Fsp3) is 0.600. The van der Waals surface area contributed by atoms with Gasteiger partial charge < -0.3 is 10.4 Å². The van der Waals surface area contributed by atoms with Gasteiger partial charge in [0.05, 0.1) is 0 Å². The number of nitrogens with zero attached hydrogens (tertiary/aromatic N) is 1. The van der Waals surface area contributed by atoms with E-state index in [0.717, 1.165) is 44.1 Å². The van der Waals surface area contributed by atoms with Gasteiger partial charge in [-0.1, -0.05) is 12.8 Å². The second-order valence-electron chi connectivity index (χ2n) is 5.68. The molecule has 0 aromatic heterocycles. The third-order valence-electron chi connectivity index (χ3n) is 4.19. The van der Waals surface area contributed by atoms with Crippen molar-refractivity contribution in [3.05, 3.63) is 29.6 Å². The van der Waals surface area contributed by atoms with E-state index in [1.165, 1.54) is 31.0 Å². The molecule has 6 heteroatoms. The van der Waals surface area contributed by atoms with E-state index in [1.54, 1.807) is 0 Å². The number of hydrogen-bond acceptors (Lipinski definition) is 3. The molecule has 0 spiro atoms. The first-order valence-electron chi connectivity index (χ1n) is 7.17. The second kappa shape index (κ2) is 8.18. The van der Waals surface area contributed by atoms with Crippen LogP contribution in [0.4, 0.5) is 4.39 Å². The molecule has 1 heterocycles. The van der Waals surface area contributed by atoms with Gasteiger partial charge >= 0.3 is 0 Å². The first-order chi connectivity index (χ1) is 9.24. The number of aromatic hydroxyl groups is 1. The molecule has 21 heavy (non-hydrogen) atoms. The summed E-state index contributed by atoms with van der Waals surface area (Å²) in [5.41, 5.74) is 0.758. The van der Waals surface area contributed by atoms with E-state index >= 15 is 0 Å². The topological polar surface area (TPSA) is 35.5 Å². The monoisotopic (exact) mass is 336 g/mol. The van der Waals surface area contributed by atoms with Gasteiger partial charge in [0, 0.05) is 37.8 Å². The normalized spacial score (nSPS) is 20.2. The van der Waals surface area contributed by atoms with Gasteiger partial charge in [-0.05, 0) is 30.5 Å². The van der Waals surface area contributed by atoms with Crippen molar-refractivity contribution in [1.82, 2.24) is 10.2 Å². The van der Waals surface area contributed by atoms with Crippen LogP contribution in [0.3, 0.4) is 0 Å². The first kappa shape index (κ1) is 18.5. The maximum Gasteiger partial charge on any atom is 0.123 e. The molecule has 2 N–H and O–H groups in total. The number of phenolic OH excluding ortho intramolecular Hbond substituents is 1. The highest BCUT2D eigenvalue weighted by Gasteiger charge is 2.31. The van der Waals surface area contributed by atoms with Crippen LogP contribution in [0.15, 0.2) is 18.2 Å². The molecule has 1 saturated heterocycles. The molecule has 1 saturated carbocycles.